The standard InChI is InChI=1S/C12H17N5O/c1-10-5-16-17(9-10)12-14-7-11(8-15-12)6-13-3-4-18-2/h5,7-9,13H,3-4,6H2,1-2H3. The SMILES string of the molecule is COCCNCc1cnc(-n2cc(C)cn2)nc1. The number of rotatable bonds is 6. The normalized spacial score (nSPS) is 10.8. The molecule has 2 aromatic heterocycles. The van der Waals surface area contributed by atoms with Gasteiger partial charge in [0.05, 0.1) is 12.8 Å². The summed E-state index contributed by atoms with van der Waals surface area (Å²) in [6.07, 6.45) is 7.29. The van der Waals surface area contributed by atoms with Crippen LogP contribution in [-0.4, -0.2) is 40.0 Å². The molecule has 96 valence electrons. The van der Waals surface area contributed by atoms with E-state index in [2.05, 4.69) is 20.4 Å². The van der Waals surface area contributed by atoms with Gasteiger partial charge in [-0.15, -0.1) is 0 Å². The molecule has 1 N–H and O–H groups in total. The Morgan fingerprint density at radius 1 is 1.28 bits per heavy atom. The topological polar surface area (TPSA) is 64.9 Å². The van der Waals surface area contributed by atoms with E-state index in [0.29, 0.717) is 12.6 Å². The van der Waals surface area contributed by atoms with E-state index in [1.165, 1.54) is 0 Å². The Morgan fingerprint density at radius 3 is 2.67 bits per heavy atom. The summed E-state index contributed by atoms with van der Waals surface area (Å²) in [6.45, 7) is 4.24. The van der Waals surface area contributed by atoms with Crippen molar-refractivity contribution in [1.29, 1.82) is 0 Å². The number of methoxy groups -OCH3 is 1. The van der Waals surface area contributed by atoms with Gasteiger partial charge in [0.2, 0.25) is 5.95 Å². The van der Waals surface area contributed by atoms with Gasteiger partial charge in [-0.05, 0) is 12.5 Å². The zero-order valence-corrected chi connectivity index (χ0v) is 10.6. The number of nitrogens with zero attached hydrogens (tertiary/aromatic N) is 4. The minimum Gasteiger partial charge on any atom is -0.383 e. The van der Waals surface area contributed by atoms with Crippen LogP contribution in [0.5, 0.6) is 0 Å². The van der Waals surface area contributed by atoms with Crippen molar-refractivity contribution < 1.29 is 4.74 Å². The molecule has 0 saturated carbocycles. The molecular formula is C12H17N5O. The van der Waals surface area contributed by atoms with Crippen molar-refractivity contribution in [3.63, 3.8) is 0 Å². The third-order valence-electron chi connectivity index (χ3n) is 2.42. The molecule has 2 rings (SSSR count). The largest absolute Gasteiger partial charge is 0.383 e. The van der Waals surface area contributed by atoms with Crippen molar-refractivity contribution in [1.82, 2.24) is 25.1 Å². The van der Waals surface area contributed by atoms with E-state index in [0.717, 1.165) is 24.2 Å². The fraction of sp³-hybridized carbons (Fsp3) is 0.417. The fourth-order valence-corrected chi connectivity index (χ4v) is 1.49. The maximum atomic E-state index is 4.95. The van der Waals surface area contributed by atoms with E-state index in [4.69, 9.17) is 4.74 Å². The smallest absolute Gasteiger partial charge is 0.250 e. The number of aromatic nitrogens is 4. The van der Waals surface area contributed by atoms with Crippen molar-refractivity contribution >= 4 is 0 Å². The third-order valence-corrected chi connectivity index (χ3v) is 2.42. The van der Waals surface area contributed by atoms with Gasteiger partial charge < -0.3 is 10.1 Å². The molecule has 0 fully saturated rings. The Kier molecular flexibility index (Phi) is 4.38. The molecule has 0 amide bonds. The summed E-state index contributed by atoms with van der Waals surface area (Å²) >= 11 is 0. The molecule has 0 aliphatic carbocycles. The highest BCUT2D eigenvalue weighted by Crippen LogP contribution is 2.02. The lowest BCUT2D eigenvalue weighted by Gasteiger charge is -2.04. The molecule has 6 heteroatoms. The lowest BCUT2D eigenvalue weighted by atomic mass is 10.3. The molecule has 2 heterocycles. The van der Waals surface area contributed by atoms with Gasteiger partial charge in [0.25, 0.3) is 0 Å². The zero-order valence-electron chi connectivity index (χ0n) is 10.6. The van der Waals surface area contributed by atoms with Gasteiger partial charge in [-0.25, -0.2) is 14.6 Å². The van der Waals surface area contributed by atoms with Gasteiger partial charge >= 0.3 is 0 Å². The Bertz CT molecular complexity index is 479. The van der Waals surface area contributed by atoms with Gasteiger partial charge in [0, 0.05) is 44.4 Å². The Labute approximate surface area is 106 Å². The molecule has 0 aliphatic rings. The second-order valence-corrected chi connectivity index (χ2v) is 4.02. The summed E-state index contributed by atoms with van der Waals surface area (Å²) in [6, 6.07) is 0. The first-order valence-electron chi connectivity index (χ1n) is 5.82. The molecule has 18 heavy (non-hydrogen) atoms. The summed E-state index contributed by atoms with van der Waals surface area (Å²) in [5.74, 6) is 0.587. The lowest BCUT2D eigenvalue weighted by Crippen LogP contribution is -2.18. The van der Waals surface area contributed by atoms with Gasteiger partial charge in [0.15, 0.2) is 0 Å². The van der Waals surface area contributed by atoms with Crippen molar-refractivity contribution in [2.45, 2.75) is 13.5 Å². The molecular weight excluding hydrogens is 230 g/mol. The fourth-order valence-electron chi connectivity index (χ4n) is 1.49. The highest BCUT2D eigenvalue weighted by Gasteiger charge is 2.01. The predicted octanol–water partition coefficient (Wildman–Crippen LogP) is 0.707. The van der Waals surface area contributed by atoms with E-state index in [-0.39, 0.29) is 0 Å². The van der Waals surface area contributed by atoms with Gasteiger partial charge in [-0.1, -0.05) is 0 Å². The maximum Gasteiger partial charge on any atom is 0.250 e. The van der Waals surface area contributed by atoms with E-state index < -0.39 is 0 Å². The Balaban J connectivity index is 1.93. The van der Waals surface area contributed by atoms with E-state index >= 15 is 0 Å². The quantitative estimate of drug-likeness (QED) is 0.761. The average Bonchev–Trinajstić information content (AvgIpc) is 2.82. The van der Waals surface area contributed by atoms with Crippen LogP contribution < -0.4 is 5.32 Å². The summed E-state index contributed by atoms with van der Waals surface area (Å²) in [5, 5.41) is 7.40. The summed E-state index contributed by atoms with van der Waals surface area (Å²) < 4.78 is 6.62. The van der Waals surface area contributed by atoms with Crippen LogP contribution in [0.25, 0.3) is 5.95 Å². The third kappa shape index (κ3) is 3.35. The van der Waals surface area contributed by atoms with Gasteiger partial charge in [-0.3, -0.25) is 0 Å². The van der Waals surface area contributed by atoms with Crippen LogP contribution in [0.3, 0.4) is 0 Å². The van der Waals surface area contributed by atoms with E-state index in [1.54, 1.807) is 30.4 Å². The molecule has 0 aromatic carbocycles. The average molecular weight is 247 g/mol. The monoisotopic (exact) mass is 247 g/mol. The summed E-state index contributed by atoms with van der Waals surface area (Å²) in [5.41, 5.74) is 2.13. The molecule has 6 nitrogen and oxygen atoms in total. The highest BCUT2D eigenvalue weighted by atomic mass is 16.5. The number of hydrogen-bond donors (Lipinski definition) is 1. The van der Waals surface area contributed by atoms with Crippen molar-refractivity contribution in [3.8, 4) is 5.95 Å². The Hall–Kier alpha value is -1.79. The van der Waals surface area contributed by atoms with Crippen LogP contribution in [0.2, 0.25) is 0 Å². The number of nitrogens with one attached hydrogen (secondary N) is 1. The van der Waals surface area contributed by atoms with Gasteiger partial charge in [0.1, 0.15) is 0 Å². The summed E-state index contributed by atoms with van der Waals surface area (Å²) in [7, 11) is 1.69. The number of hydrogen-bond acceptors (Lipinski definition) is 5. The van der Waals surface area contributed by atoms with Gasteiger partial charge in [-0.2, -0.15) is 5.10 Å². The first-order chi connectivity index (χ1) is 8.79. The van der Waals surface area contributed by atoms with Crippen molar-refractivity contribution in [3.05, 3.63) is 35.9 Å². The lowest BCUT2D eigenvalue weighted by molar-refractivity contribution is 0.199. The minimum atomic E-state index is 0.587. The zero-order chi connectivity index (χ0) is 12.8. The van der Waals surface area contributed by atoms with Crippen molar-refractivity contribution in [2.24, 2.45) is 0 Å². The predicted molar refractivity (Wildman–Crippen MR) is 67.5 cm³/mol. The first-order valence-corrected chi connectivity index (χ1v) is 5.82. The molecule has 0 spiro atoms. The molecule has 0 atom stereocenters. The molecule has 0 aliphatic heterocycles. The van der Waals surface area contributed by atoms with E-state index in [9.17, 15) is 0 Å². The maximum absolute atomic E-state index is 4.95. The summed E-state index contributed by atoms with van der Waals surface area (Å²) in [4.78, 5) is 8.56. The second kappa shape index (κ2) is 6.23. The van der Waals surface area contributed by atoms with Crippen molar-refractivity contribution in [2.75, 3.05) is 20.3 Å². The van der Waals surface area contributed by atoms with Crippen LogP contribution >= 0.6 is 0 Å². The first kappa shape index (κ1) is 12.7. The van der Waals surface area contributed by atoms with Crippen LogP contribution in [0.1, 0.15) is 11.1 Å². The van der Waals surface area contributed by atoms with Crippen LogP contribution in [0, 0.1) is 6.92 Å². The minimum absolute atomic E-state index is 0.587. The number of aryl methyl sites for hydroxylation is 1. The molecule has 0 saturated heterocycles. The van der Waals surface area contributed by atoms with Crippen LogP contribution in [0.4, 0.5) is 0 Å². The highest BCUT2D eigenvalue weighted by molar-refractivity contribution is 5.15. The van der Waals surface area contributed by atoms with Crippen LogP contribution in [0.15, 0.2) is 24.8 Å². The second-order valence-electron chi connectivity index (χ2n) is 4.02. The van der Waals surface area contributed by atoms with Crippen LogP contribution in [-0.2, 0) is 11.3 Å². The number of ether oxygens (including phenoxy) is 1. The van der Waals surface area contributed by atoms with E-state index in [1.807, 2.05) is 13.1 Å². The Morgan fingerprint density at radius 2 is 2.06 bits per heavy atom. The molecule has 0 bridgehead atoms. The molecule has 0 unspecified atom stereocenters. The molecule has 2 aromatic rings. The molecule has 0 radical (unpaired) electrons.